The Bertz CT molecular complexity index is 2440. The van der Waals surface area contributed by atoms with E-state index >= 15 is 0 Å². The molecule has 3 aromatic carbocycles. The molecule has 4 atom stereocenters. The number of nitrogens with two attached hydrogens (primary N) is 2. The van der Waals surface area contributed by atoms with Crippen molar-refractivity contribution in [3.63, 3.8) is 0 Å². The topological polar surface area (TPSA) is 232 Å². The smallest absolute Gasteiger partial charge is 0.226 e. The third-order valence-electron chi connectivity index (χ3n) is 11.9. The molecule has 2 amide bonds. The second kappa shape index (κ2) is 22.3. The van der Waals surface area contributed by atoms with Gasteiger partial charge in [-0.05, 0) is 91.2 Å². The maximum atomic E-state index is 14.7. The van der Waals surface area contributed by atoms with Crippen LogP contribution in [0.1, 0.15) is 110 Å². The van der Waals surface area contributed by atoms with E-state index in [1.54, 1.807) is 58.0 Å². The van der Waals surface area contributed by atoms with Gasteiger partial charge >= 0.3 is 0 Å². The Hall–Kier alpha value is -5.95. The molecular weight excluding hydrogens is 843 g/mol. The molecule has 65 heavy (non-hydrogen) atoms. The van der Waals surface area contributed by atoms with Crippen LogP contribution in [0.4, 0.5) is 0 Å². The molecule has 14 nitrogen and oxygen atoms in total. The Morgan fingerprint density at radius 1 is 0.969 bits per heavy atom. The van der Waals surface area contributed by atoms with E-state index in [2.05, 4.69) is 26.1 Å². The van der Waals surface area contributed by atoms with Gasteiger partial charge in [-0.1, -0.05) is 58.0 Å². The van der Waals surface area contributed by atoms with Crippen molar-refractivity contribution in [2.45, 2.75) is 104 Å². The van der Waals surface area contributed by atoms with Crippen LogP contribution in [-0.4, -0.2) is 81.9 Å². The number of phenols is 1. The lowest BCUT2D eigenvalue weighted by molar-refractivity contribution is -0.142. The zero-order chi connectivity index (χ0) is 47.0. The number of hydrogen-bond acceptors (Lipinski definition) is 12. The number of aromatic nitrogens is 2. The van der Waals surface area contributed by atoms with Gasteiger partial charge in [0.15, 0.2) is 23.2 Å². The van der Waals surface area contributed by atoms with Gasteiger partial charge in [-0.3, -0.25) is 24.0 Å². The molecule has 0 aliphatic carbocycles. The summed E-state index contributed by atoms with van der Waals surface area (Å²) >= 11 is 0. The van der Waals surface area contributed by atoms with Crippen molar-refractivity contribution in [1.29, 1.82) is 5.26 Å². The van der Waals surface area contributed by atoms with Gasteiger partial charge in [0.2, 0.25) is 11.8 Å². The highest BCUT2D eigenvalue weighted by Crippen LogP contribution is 2.40. The summed E-state index contributed by atoms with van der Waals surface area (Å²) in [4.78, 5) is 81.5. The molecule has 1 aliphatic rings. The number of phenolic OH excluding ortho intramolecular Hbond substituents is 1. The van der Waals surface area contributed by atoms with Gasteiger partial charge in [-0.15, -0.1) is 0 Å². The largest absolute Gasteiger partial charge is 0.508 e. The minimum atomic E-state index is -1.23. The number of fused-ring (bicyclic) bond motifs is 5. The van der Waals surface area contributed by atoms with Gasteiger partial charge in [0.25, 0.3) is 0 Å². The average Bonchev–Trinajstić information content (AvgIpc) is 3.24. The van der Waals surface area contributed by atoms with Crippen LogP contribution in [0, 0.1) is 43.9 Å². The SMILES string of the molecule is Cc1cc(O)c2cc1-c1cc(ccc1OCCN)[C@H](N(C)C(=O)[C@H](CCN)CC(=O)c1c(C)nc(-c3ccc(C(C)(C)C)cc3)nc1C)C(=O)C[C@@H](C)C(=O)N[C@H](C(=O)CCC#N)C2.S. The van der Waals surface area contributed by atoms with Crippen LogP contribution in [0.25, 0.3) is 22.5 Å². The molecule has 6 N–H and O–H groups in total. The van der Waals surface area contributed by atoms with E-state index in [0.717, 1.165) is 11.1 Å². The van der Waals surface area contributed by atoms with Gasteiger partial charge in [0.05, 0.1) is 29.1 Å². The molecule has 15 heteroatoms. The highest BCUT2D eigenvalue weighted by atomic mass is 32.1. The van der Waals surface area contributed by atoms with Gasteiger partial charge in [0, 0.05) is 68.7 Å². The van der Waals surface area contributed by atoms with Crippen molar-refractivity contribution in [3.05, 3.63) is 93.8 Å². The fourth-order valence-corrected chi connectivity index (χ4v) is 8.30. The third-order valence-corrected chi connectivity index (χ3v) is 11.9. The second-order valence-electron chi connectivity index (χ2n) is 17.8. The molecule has 0 saturated heterocycles. The van der Waals surface area contributed by atoms with Gasteiger partial charge in [0.1, 0.15) is 24.1 Å². The summed E-state index contributed by atoms with van der Waals surface area (Å²) in [6, 6.07) is 16.0. The lowest BCUT2D eigenvalue weighted by atomic mass is 9.86. The number of rotatable bonds is 14. The Morgan fingerprint density at radius 2 is 1.63 bits per heavy atom. The Labute approximate surface area is 389 Å². The molecular formula is C50H63N7O7S. The van der Waals surface area contributed by atoms with Crippen LogP contribution in [0.3, 0.4) is 0 Å². The monoisotopic (exact) mass is 905 g/mol. The first-order valence-corrected chi connectivity index (χ1v) is 21.8. The number of amides is 2. The minimum Gasteiger partial charge on any atom is -0.508 e. The van der Waals surface area contributed by atoms with E-state index in [1.807, 2.05) is 30.3 Å². The van der Waals surface area contributed by atoms with Crippen LogP contribution in [0.2, 0.25) is 0 Å². The van der Waals surface area contributed by atoms with Gasteiger partial charge in [-0.2, -0.15) is 18.8 Å². The Kier molecular flexibility index (Phi) is 17.7. The molecule has 5 rings (SSSR count). The lowest BCUT2D eigenvalue weighted by Gasteiger charge is -2.32. The molecule has 0 unspecified atom stereocenters. The quantitative estimate of drug-likeness (QED) is 0.100. The zero-order valence-corrected chi connectivity index (χ0v) is 39.7. The third kappa shape index (κ3) is 12.2. The fourth-order valence-electron chi connectivity index (χ4n) is 8.30. The molecule has 0 spiro atoms. The normalized spacial score (nSPS) is 16.8. The first-order valence-electron chi connectivity index (χ1n) is 21.8. The van der Waals surface area contributed by atoms with Crippen LogP contribution >= 0.6 is 13.5 Å². The number of carbonyl (C=O) groups is 5. The van der Waals surface area contributed by atoms with Crippen molar-refractivity contribution in [2.75, 3.05) is 26.7 Å². The van der Waals surface area contributed by atoms with Crippen LogP contribution in [0.5, 0.6) is 11.5 Å². The standard InChI is InChI=1S/C50H61N7O7.H2S/c1-28-22-41(59)35-25-37(28)38-24-33(13-16-44(38)64-21-20-53)46(43(61)23-29(2)48(62)56-39(26-35)40(58)10-9-18-51)57(8)49(63)34(17-19-52)27-42(60)45-30(3)54-47(55-31(45)4)32-11-14-36(15-12-32)50(5,6)7;/h11-16,22,24-25,29,34,39,46,59H,9-10,17,19-21,23,26-27,52-53H2,1-8H3,(H,56,62);1H2/t29-,34-,39+,46+;/m1./s1. The zero-order valence-electron chi connectivity index (χ0n) is 38.7. The summed E-state index contributed by atoms with van der Waals surface area (Å²) in [7, 11) is 1.50. The molecule has 346 valence electrons. The molecule has 1 aliphatic heterocycles. The molecule has 4 bridgehead atoms. The predicted molar refractivity (Wildman–Crippen MR) is 255 cm³/mol. The maximum Gasteiger partial charge on any atom is 0.226 e. The fraction of sp³-hybridized carbons (Fsp3) is 0.440. The Balaban J connectivity index is 0.00000925. The van der Waals surface area contributed by atoms with Crippen LogP contribution < -0.4 is 21.5 Å². The average molecular weight is 906 g/mol. The highest BCUT2D eigenvalue weighted by molar-refractivity contribution is 7.59. The van der Waals surface area contributed by atoms with Crippen LogP contribution in [-0.2, 0) is 31.0 Å². The van der Waals surface area contributed by atoms with Gasteiger partial charge in [-0.25, -0.2) is 9.97 Å². The summed E-state index contributed by atoms with van der Waals surface area (Å²) in [5, 5.41) is 23.1. The number of carbonyl (C=O) groups excluding carboxylic acids is 5. The molecule has 4 aromatic rings. The first-order chi connectivity index (χ1) is 30.3. The van der Waals surface area contributed by atoms with Crippen molar-refractivity contribution in [3.8, 4) is 40.1 Å². The summed E-state index contributed by atoms with van der Waals surface area (Å²) in [6.07, 6.45) is -0.665. The number of nitriles is 1. The number of hydrogen-bond donors (Lipinski definition) is 4. The number of Topliss-reactive ketones (excluding diaryl/α,β-unsaturated/α-hetero) is 3. The number of ether oxygens (including phenoxy) is 1. The number of ketones is 3. The van der Waals surface area contributed by atoms with Gasteiger partial charge < -0.3 is 31.5 Å². The molecule has 2 heterocycles. The molecule has 1 aromatic heterocycles. The first kappa shape index (κ1) is 51.7. The van der Waals surface area contributed by atoms with Crippen molar-refractivity contribution in [2.24, 2.45) is 23.3 Å². The number of nitrogens with one attached hydrogen (secondary N) is 1. The molecule has 0 fully saturated rings. The van der Waals surface area contributed by atoms with Crippen molar-refractivity contribution in [1.82, 2.24) is 20.2 Å². The van der Waals surface area contributed by atoms with Crippen molar-refractivity contribution >= 4 is 42.7 Å². The van der Waals surface area contributed by atoms with E-state index in [9.17, 15) is 34.3 Å². The summed E-state index contributed by atoms with van der Waals surface area (Å²) in [5.74, 6) is -3.35. The number of likely N-dealkylation sites (N-methyl/N-ethyl adjacent to an activating group) is 1. The maximum absolute atomic E-state index is 14.7. The van der Waals surface area contributed by atoms with E-state index in [0.29, 0.717) is 56.3 Å². The number of benzene rings is 3. The van der Waals surface area contributed by atoms with E-state index < -0.39 is 47.3 Å². The summed E-state index contributed by atoms with van der Waals surface area (Å²) in [5.41, 5.74) is 17.7. The molecule has 0 saturated carbocycles. The number of nitrogens with zero attached hydrogens (tertiary/aromatic N) is 4. The lowest BCUT2D eigenvalue weighted by Crippen LogP contribution is -2.46. The van der Waals surface area contributed by atoms with Crippen molar-refractivity contribution < 1.29 is 33.8 Å². The summed E-state index contributed by atoms with van der Waals surface area (Å²) < 4.78 is 6.09. The van der Waals surface area contributed by atoms with E-state index in [1.165, 1.54) is 11.9 Å². The number of aryl methyl sites for hydroxylation is 3. The highest BCUT2D eigenvalue weighted by Gasteiger charge is 2.36. The van der Waals surface area contributed by atoms with Crippen LogP contribution in [0.15, 0.2) is 54.6 Å². The van der Waals surface area contributed by atoms with E-state index in [4.69, 9.17) is 26.2 Å². The van der Waals surface area contributed by atoms with E-state index in [-0.39, 0.29) is 88.7 Å². The second-order valence-corrected chi connectivity index (χ2v) is 17.8. The Morgan fingerprint density at radius 3 is 2.23 bits per heavy atom. The predicted octanol–water partition coefficient (Wildman–Crippen LogP) is 6.44. The number of aromatic hydroxyl groups is 1. The summed E-state index contributed by atoms with van der Waals surface area (Å²) in [6.45, 7) is 13.7. The minimum absolute atomic E-state index is 0. The molecule has 0 radical (unpaired) electrons.